The largest absolute Gasteiger partial charge is 0.493 e. The highest BCUT2D eigenvalue weighted by Crippen LogP contribution is 2.41. The summed E-state index contributed by atoms with van der Waals surface area (Å²) in [6.07, 6.45) is 14.9. The van der Waals surface area contributed by atoms with Crippen LogP contribution in [0.15, 0.2) is 60.8 Å². The first kappa shape index (κ1) is 36.1. The van der Waals surface area contributed by atoms with Gasteiger partial charge in [-0.15, -0.1) is 0 Å². The predicted molar refractivity (Wildman–Crippen MR) is 177 cm³/mol. The van der Waals surface area contributed by atoms with Crippen molar-refractivity contribution >= 4 is 28.5 Å². The number of benzene rings is 2. The lowest BCUT2D eigenvalue weighted by molar-refractivity contribution is -0.134. The Labute approximate surface area is 261 Å². The van der Waals surface area contributed by atoms with Gasteiger partial charge in [-0.05, 0) is 69.7 Å². The number of aromatic nitrogens is 1. The van der Waals surface area contributed by atoms with Crippen LogP contribution in [0.3, 0.4) is 0 Å². The van der Waals surface area contributed by atoms with E-state index in [4.69, 9.17) is 30.4 Å². The summed E-state index contributed by atoms with van der Waals surface area (Å²) in [6.45, 7) is 5.68. The molecule has 0 aliphatic carbocycles. The summed E-state index contributed by atoms with van der Waals surface area (Å²) in [6, 6.07) is 15.2. The first-order chi connectivity index (χ1) is 21.3. The Morgan fingerprint density at radius 2 is 1.59 bits per heavy atom. The van der Waals surface area contributed by atoms with Gasteiger partial charge in [-0.2, -0.15) is 0 Å². The number of aliphatic carboxylic acids is 2. The standard InChI is InChI=1S/C31H45N3O2.C4H4O4/c1-24-19-21-33-30-27(34-25(2)15-14-20-32)23-28(35-3)31(29(24)30)36-22-13-8-6-4-5-7-10-16-26-17-11-9-12-18-26;5-3(6)1-2-4(7)8/h9,11-12,17-19,21,23,25,34H,4-8,10,13-16,20,22,32H2,1-3H3;1-2H,(H,5,6)(H,7,8). The zero-order valence-electron chi connectivity index (χ0n) is 26.4. The molecule has 0 bridgehead atoms. The number of carboxylic acid groups (broad SMARTS) is 2. The number of hydrogen-bond donors (Lipinski definition) is 4. The molecule has 5 N–H and O–H groups in total. The molecular weight excluding hydrogens is 558 g/mol. The van der Waals surface area contributed by atoms with E-state index < -0.39 is 11.9 Å². The lowest BCUT2D eigenvalue weighted by Crippen LogP contribution is -2.17. The van der Waals surface area contributed by atoms with E-state index in [1.165, 1.54) is 50.5 Å². The van der Waals surface area contributed by atoms with Gasteiger partial charge >= 0.3 is 11.9 Å². The number of nitrogens with two attached hydrogens (primary N) is 1. The van der Waals surface area contributed by atoms with Gasteiger partial charge in [0.2, 0.25) is 0 Å². The summed E-state index contributed by atoms with van der Waals surface area (Å²) in [5, 5.41) is 20.3. The molecule has 1 aromatic heterocycles. The monoisotopic (exact) mass is 607 g/mol. The quantitative estimate of drug-likeness (QED) is 0.0824. The molecule has 0 radical (unpaired) electrons. The van der Waals surface area contributed by atoms with Gasteiger partial charge in [-0.25, -0.2) is 9.59 Å². The third-order valence-corrected chi connectivity index (χ3v) is 7.17. The van der Waals surface area contributed by atoms with Crippen LogP contribution in [0.5, 0.6) is 11.5 Å². The van der Waals surface area contributed by atoms with Gasteiger partial charge in [-0.3, -0.25) is 4.98 Å². The van der Waals surface area contributed by atoms with Gasteiger partial charge in [0, 0.05) is 30.5 Å². The SMILES string of the molecule is COc1cc(NC(C)CCCN)c2nccc(C)c2c1OCCCCCCCCCc1ccccc1.O=C(O)C=CC(=O)O. The maximum absolute atomic E-state index is 9.55. The van der Waals surface area contributed by atoms with Crippen molar-refractivity contribution in [1.82, 2.24) is 4.98 Å². The van der Waals surface area contributed by atoms with Crippen LogP contribution in [-0.4, -0.2) is 53.4 Å². The van der Waals surface area contributed by atoms with Crippen LogP contribution in [0.2, 0.25) is 0 Å². The molecular formula is C35H49N3O6. The van der Waals surface area contributed by atoms with Gasteiger partial charge in [0.1, 0.15) is 0 Å². The number of nitrogens with one attached hydrogen (secondary N) is 1. The molecule has 0 amide bonds. The smallest absolute Gasteiger partial charge is 0.328 e. The van der Waals surface area contributed by atoms with Gasteiger partial charge in [0.25, 0.3) is 0 Å². The minimum atomic E-state index is -1.26. The van der Waals surface area contributed by atoms with Crippen molar-refractivity contribution in [3.63, 3.8) is 0 Å². The first-order valence-corrected chi connectivity index (χ1v) is 15.5. The number of fused-ring (bicyclic) bond motifs is 1. The van der Waals surface area contributed by atoms with E-state index in [0.29, 0.717) is 31.3 Å². The Morgan fingerprint density at radius 1 is 0.955 bits per heavy atom. The third-order valence-electron chi connectivity index (χ3n) is 7.17. The Kier molecular flexibility index (Phi) is 17.0. The molecule has 3 aromatic rings. The molecule has 1 unspecified atom stereocenters. The predicted octanol–water partition coefficient (Wildman–Crippen LogP) is 7.16. The number of hydrogen-bond acceptors (Lipinski definition) is 7. The zero-order chi connectivity index (χ0) is 32.2. The van der Waals surface area contributed by atoms with Crippen LogP contribution in [0.25, 0.3) is 10.9 Å². The fraction of sp³-hybridized carbons (Fsp3) is 0.457. The molecule has 2 aromatic carbocycles. The van der Waals surface area contributed by atoms with E-state index in [1.54, 1.807) is 7.11 Å². The molecule has 0 aliphatic heterocycles. The molecule has 0 saturated heterocycles. The van der Waals surface area contributed by atoms with Crippen LogP contribution >= 0.6 is 0 Å². The van der Waals surface area contributed by atoms with Crippen LogP contribution in [-0.2, 0) is 16.0 Å². The second-order valence-electron chi connectivity index (χ2n) is 10.9. The summed E-state index contributed by atoms with van der Waals surface area (Å²) in [5.74, 6) is -0.954. The van der Waals surface area contributed by atoms with E-state index in [9.17, 15) is 9.59 Å². The highest BCUT2D eigenvalue weighted by molar-refractivity contribution is 5.99. The van der Waals surface area contributed by atoms with E-state index in [-0.39, 0.29) is 0 Å². The summed E-state index contributed by atoms with van der Waals surface area (Å²) in [7, 11) is 1.71. The maximum atomic E-state index is 9.55. The van der Waals surface area contributed by atoms with Crippen molar-refractivity contribution in [2.75, 3.05) is 25.6 Å². The molecule has 240 valence electrons. The summed E-state index contributed by atoms with van der Waals surface area (Å²) in [4.78, 5) is 23.8. The molecule has 3 rings (SSSR count). The summed E-state index contributed by atoms with van der Waals surface area (Å²) in [5.41, 5.74) is 10.2. The average Bonchev–Trinajstić information content (AvgIpc) is 3.01. The van der Waals surface area contributed by atoms with Gasteiger partial charge in [0.05, 0.1) is 30.3 Å². The van der Waals surface area contributed by atoms with Crippen LogP contribution in [0, 0.1) is 6.92 Å². The topological polar surface area (TPSA) is 144 Å². The van der Waals surface area contributed by atoms with Crippen molar-refractivity contribution in [3.8, 4) is 11.5 Å². The van der Waals surface area contributed by atoms with Crippen molar-refractivity contribution in [3.05, 3.63) is 71.9 Å². The Morgan fingerprint density at radius 3 is 2.20 bits per heavy atom. The lowest BCUT2D eigenvalue weighted by Gasteiger charge is -2.20. The molecule has 0 spiro atoms. The van der Waals surface area contributed by atoms with Crippen LogP contribution in [0.1, 0.15) is 75.8 Å². The number of carbonyl (C=O) groups is 2. The lowest BCUT2D eigenvalue weighted by atomic mass is 10.0. The van der Waals surface area contributed by atoms with E-state index >= 15 is 0 Å². The Hall–Kier alpha value is -4.11. The van der Waals surface area contributed by atoms with E-state index in [1.807, 2.05) is 18.3 Å². The molecule has 0 saturated carbocycles. The Bertz CT molecular complexity index is 1300. The average molecular weight is 608 g/mol. The van der Waals surface area contributed by atoms with Gasteiger partial charge in [0.15, 0.2) is 11.5 Å². The number of nitrogens with zero attached hydrogens (tertiary/aromatic N) is 1. The fourth-order valence-electron chi connectivity index (χ4n) is 4.88. The molecule has 44 heavy (non-hydrogen) atoms. The van der Waals surface area contributed by atoms with Crippen LogP contribution in [0.4, 0.5) is 5.69 Å². The molecule has 1 heterocycles. The minimum Gasteiger partial charge on any atom is -0.493 e. The number of pyridine rings is 1. The summed E-state index contributed by atoms with van der Waals surface area (Å²) >= 11 is 0. The third kappa shape index (κ3) is 13.5. The van der Waals surface area contributed by atoms with Crippen molar-refractivity contribution < 1.29 is 29.3 Å². The van der Waals surface area contributed by atoms with E-state index in [2.05, 4.69) is 49.5 Å². The van der Waals surface area contributed by atoms with Crippen molar-refractivity contribution in [1.29, 1.82) is 0 Å². The van der Waals surface area contributed by atoms with Crippen molar-refractivity contribution in [2.24, 2.45) is 5.73 Å². The second-order valence-corrected chi connectivity index (χ2v) is 10.9. The normalized spacial score (nSPS) is 11.5. The number of carboxylic acids is 2. The first-order valence-electron chi connectivity index (χ1n) is 15.5. The maximum Gasteiger partial charge on any atom is 0.328 e. The minimum absolute atomic E-state index is 0.300. The number of unbranched alkanes of at least 4 members (excludes halogenated alkanes) is 6. The van der Waals surface area contributed by atoms with Crippen LogP contribution < -0.4 is 20.5 Å². The number of methoxy groups -OCH3 is 1. The highest BCUT2D eigenvalue weighted by atomic mass is 16.5. The van der Waals surface area contributed by atoms with Gasteiger partial charge in [-0.1, -0.05) is 62.4 Å². The van der Waals surface area contributed by atoms with Crippen molar-refractivity contribution in [2.45, 2.75) is 84.1 Å². The van der Waals surface area contributed by atoms with Gasteiger partial charge < -0.3 is 30.7 Å². The number of aryl methyl sites for hydroxylation is 2. The highest BCUT2D eigenvalue weighted by Gasteiger charge is 2.18. The fourth-order valence-corrected chi connectivity index (χ4v) is 4.88. The molecule has 1 atom stereocenters. The number of ether oxygens (including phenoxy) is 2. The molecule has 9 heteroatoms. The molecule has 0 aliphatic rings. The number of rotatable bonds is 19. The number of anilines is 1. The Balaban J connectivity index is 0.000000742. The summed E-state index contributed by atoms with van der Waals surface area (Å²) < 4.78 is 12.1. The zero-order valence-corrected chi connectivity index (χ0v) is 26.4. The second kappa shape index (κ2) is 20.7. The molecule has 9 nitrogen and oxygen atoms in total. The molecule has 0 fully saturated rings. The van der Waals surface area contributed by atoms with E-state index in [0.717, 1.165) is 52.9 Å².